The first-order chi connectivity index (χ1) is 8.74. The zero-order valence-corrected chi connectivity index (χ0v) is 11.1. The van der Waals surface area contributed by atoms with Crippen molar-refractivity contribution in [3.63, 3.8) is 0 Å². The number of nitrogens with zero attached hydrogens (tertiary/aromatic N) is 1. The lowest BCUT2D eigenvalue weighted by atomic mass is 10.2. The summed E-state index contributed by atoms with van der Waals surface area (Å²) in [6.45, 7) is 2.56. The molecule has 18 heavy (non-hydrogen) atoms. The predicted octanol–water partition coefficient (Wildman–Crippen LogP) is 2.80. The molecule has 0 spiro atoms. The second kappa shape index (κ2) is 5.80. The SMILES string of the molecule is CCN(C(=O)C(N)c1cccs1)c1ccccc1. The van der Waals surface area contributed by atoms with E-state index in [-0.39, 0.29) is 5.91 Å². The predicted molar refractivity (Wildman–Crippen MR) is 75.7 cm³/mol. The molecule has 1 aromatic heterocycles. The Kier molecular flexibility index (Phi) is 4.12. The summed E-state index contributed by atoms with van der Waals surface area (Å²) in [4.78, 5) is 15.0. The average Bonchev–Trinajstić information content (AvgIpc) is 2.94. The maximum Gasteiger partial charge on any atom is 0.249 e. The second-order valence-corrected chi connectivity index (χ2v) is 4.89. The number of para-hydroxylation sites is 1. The van der Waals surface area contributed by atoms with Crippen LogP contribution in [0.15, 0.2) is 47.8 Å². The van der Waals surface area contributed by atoms with Gasteiger partial charge < -0.3 is 10.6 Å². The van der Waals surface area contributed by atoms with Gasteiger partial charge in [-0.15, -0.1) is 11.3 Å². The van der Waals surface area contributed by atoms with Crippen LogP contribution in [-0.4, -0.2) is 12.5 Å². The van der Waals surface area contributed by atoms with Crippen molar-refractivity contribution < 1.29 is 4.79 Å². The molecule has 0 aliphatic carbocycles. The molecule has 0 fully saturated rings. The minimum atomic E-state index is -0.579. The largest absolute Gasteiger partial charge is 0.316 e. The molecule has 0 aliphatic rings. The van der Waals surface area contributed by atoms with E-state index in [9.17, 15) is 4.79 Å². The molecule has 1 atom stereocenters. The molecular weight excluding hydrogens is 244 g/mol. The summed E-state index contributed by atoms with van der Waals surface area (Å²) < 4.78 is 0. The highest BCUT2D eigenvalue weighted by molar-refractivity contribution is 7.10. The van der Waals surface area contributed by atoms with E-state index in [1.807, 2.05) is 54.8 Å². The lowest BCUT2D eigenvalue weighted by Crippen LogP contribution is -2.38. The van der Waals surface area contributed by atoms with Crippen molar-refractivity contribution >= 4 is 22.9 Å². The fourth-order valence-corrected chi connectivity index (χ4v) is 2.55. The van der Waals surface area contributed by atoms with Crippen LogP contribution in [0.25, 0.3) is 0 Å². The summed E-state index contributed by atoms with van der Waals surface area (Å²) in [6, 6.07) is 12.8. The van der Waals surface area contributed by atoms with Gasteiger partial charge in [0, 0.05) is 17.1 Å². The van der Waals surface area contributed by atoms with Gasteiger partial charge in [0.1, 0.15) is 6.04 Å². The Morgan fingerprint density at radius 1 is 1.28 bits per heavy atom. The Labute approximate surface area is 111 Å². The van der Waals surface area contributed by atoms with Crippen LogP contribution < -0.4 is 10.6 Å². The van der Waals surface area contributed by atoms with E-state index in [1.165, 1.54) is 11.3 Å². The van der Waals surface area contributed by atoms with Gasteiger partial charge in [0.15, 0.2) is 0 Å². The quantitative estimate of drug-likeness (QED) is 0.918. The van der Waals surface area contributed by atoms with E-state index in [1.54, 1.807) is 4.90 Å². The highest BCUT2D eigenvalue weighted by atomic mass is 32.1. The molecule has 0 saturated heterocycles. The number of carbonyl (C=O) groups excluding carboxylic acids is 1. The molecule has 0 saturated carbocycles. The van der Waals surface area contributed by atoms with E-state index in [0.717, 1.165) is 10.6 Å². The number of benzene rings is 1. The summed E-state index contributed by atoms with van der Waals surface area (Å²) in [7, 11) is 0. The zero-order valence-electron chi connectivity index (χ0n) is 10.2. The van der Waals surface area contributed by atoms with Crippen molar-refractivity contribution in [2.45, 2.75) is 13.0 Å². The van der Waals surface area contributed by atoms with Gasteiger partial charge in [-0.25, -0.2) is 0 Å². The highest BCUT2D eigenvalue weighted by Crippen LogP contribution is 2.22. The van der Waals surface area contributed by atoms with Crippen LogP contribution in [-0.2, 0) is 4.79 Å². The number of hydrogen-bond donors (Lipinski definition) is 1. The summed E-state index contributed by atoms with van der Waals surface area (Å²) in [5.74, 6) is -0.0637. The molecule has 0 bridgehead atoms. The van der Waals surface area contributed by atoms with Crippen LogP contribution in [0.4, 0.5) is 5.69 Å². The fourth-order valence-electron chi connectivity index (χ4n) is 1.83. The number of likely N-dealkylation sites (N-methyl/N-ethyl adjacent to an activating group) is 1. The molecule has 2 rings (SSSR count). The third kappa shape index (κ3) is 2.60. The van der Waals surface area contributed by atoms with Crippen molar-refractivity contribution in [2.24, 2.45) is 5.73 Å². The van der Waals surface area contributed by atoms with Crippen LogP contribution in [0.1, 0.15) is 17.8 Å². The minimum Gasteiger partial charge on any atom is -0.316 e. The van der Waals surface area contributed by atoms with Crippen LogP contribution in [0.5, 0.6) is 0 Å². The number of anilines is 1. The Bertz CT molecular complexity index is 496. The Morgan fingerprint density at radius 3 is 2.56 bits per heavy atom. The van der Waals surface area contributed by atoms with Gasteiger partial charge in [0.05, 0.1) is 0 Å². The van der Waals surface area contributed by atoms with Crippen molar-refractivity contribution in [1.82, 2.24) is 0 Å². The maximum absolute atomic E-state index is 12.4. The number of carbonyl (C=O) groups is 1. The van der Waals surface area contributed by atoms with Crippen LogP contribution in [0, 0.1) is 0 Å². The van der Waals surface area contributed by atoms with Gasteiger partial charge in [-0.1, -0.05) is 24.3 Å². The van der Waals surface area contributed by atoms with E-state index >= 15 is 0 Å². The number of thiophene rings is 1. The van der Waals surface area contributed by atoms with E-state index in [0.29, 0.717) is 6.54 Å². The molecule has 4 heteroatoms. The first-order valence-corrected chi connectivity index (χ1v) is 6.77. The Balaban J connectivity index is 2.21. The van der Waals surface area contributed by atoms with Crippen molar-refractivity contribution in [3.8, 4) is 0 Å². The maximum atomic E-state index is 12.4. The van der Waals surface area contributed by atoms with Gasteiger partial charge in [0.2, 0.25) is 5.91 Å². The van der Waals surface area contributed by atoms with Crippen molar-refractivity contribution in [1.29, 1.82) is 0 Å². The fraction of sp³-hybridized carbons (Fsp3) is 0.214. The number of hydrogen-bond acceptors (Lipinski definition) is 3. The molecular formula is C14H16N2OS. The summed E-state index contributed by atoms with van der Waals surface area (Å²) in [5.41, 5.74) is 6.90. The number of amides is 1. The molecule has 1 heterocycles. The second-order valence-electron chi connectivity index (χ2n) is 3.91. The van der Waals surface area contributed by atoms with Crippen LogP contribution in [0.2, 0.25) is 0 Å². The smallest absolute Gasteiger partial charge is 0.249 e. The van der Waals surface area contributed by atoms with Gasteiger partial charge in [-0.2, -0.15) is 0 Å². The Hall–Kier alpha value is -1.65. The molecule has 94 valence electrons. The van der Waals surface area contributed by atoms with Gasteiger partial charge in [-0.3, -0.25) is 4.79 Å². The molecule has 2 aromatic rings. The average molecular weight is 260 g/mol. The summed E-state index contributed by atoms with van der Waals surface area (Å²) in [5, 5.41) is 1.93. The summed E-state index contributed by atoms with van der Waals surface area (Å²) in [6.07, 6.45) is 0. The van der Waals surface area contributed by atoms with Gasteiger partial charge in [0.25, 0.3) is 0 Å². The third-order valence-corrected chi connectivity index (χ3v) is 3.72. The van der Waals surface area contributed by atoms with Crippen LogP contribution in [0.3, 0.4) is 0 Å². The van der Waals surface area contributed by atoms with Crippen molar-refractivity contribution in [2.75, 3.05) is 11.4 Å². The molecule has 1 aromatic carbocycles. The normalized spacial score (nSPS) is 12.1. The topological polar surface area (TPSA) is 46.3 Å². The monoisotopic (exact) mass is 260 g/mol. The zero-order chi connectivity index (χ0) is 13.0. The molecule has 2 N–H and O–H groups in total. The van der Waals surface area contributed by atoms with Crippen molar-refractivity contribution in [3.05, 3.63) is 52.7 Å². The third-order valence-electron chi connectivity index (χ3n) is 2.77. The molecule has 1 amide bonds. The number of rotatable bonds is 4. The lowest BCUT2D eigenvalue weighted by molar-refractivity contribution is -0.119. The van der Waals surface area contributed by atoms with E-state index < -0.39 is 6.04 Å². The first-order valence-electron chi connectivity index (χ1n) is 5.89. The molecule has 0 radical (unpaired) electrons. The standard InChI is InChI=1S/C14H16N2OS/c1-2-16(11-7-4-3-5-8-11)14(17)13(15)12-9-6-10-18-12/h3-10,13H,2,15H2,1H3. The molecule has 3 nitrogen and oxygen atoms in total. The lowest BCUT2D eigenvalue weighted by Gasteiger charge is -2.24. The van der Waals surface area contributed by atoms with Gasteiger partial charge in [-0.05, 0) is 30.5 Å². The Morgan fingerprint density at radius 2 is 2.00 bits per heavy atom. The summed E-state index contributed by atoms with van der Waals surface area (Å²) >= 11 is 1.51. The van der Waals surface area contributed by atoms with Gasteiger partial charge >= 0.3 is 0 Å². The minimum absolute atomic E-state index is 0.0637. The van der Waals surface area contributed by atoms with E-state index in [4.69, 9.17) is 5.73 Å². The van der Waals surface area contributed by atoms with E-state index in [2.05, 4.69) is 0 Å². The highest BCUT2D eigenvalue weighted by Gasteiger charge is 2.23. The molecule has 0 aliphatic heterocycles. The van der Waals surface area contributed by atoms with Crippen LogP contribution >= 0.6 is 11.3 Å². The molecule has 1 unspecified atom stereocenters. The first kappa shape index (κ1) is 12.8. The number of nitrogens with two attached hydrogens (primary N) is 1.